The molecule has 0 aliphatic heterocycles. The minimum Gasteiger partial charge on any atom is -0.397 e. The van der Waals surface area contributed by atoms with Crippen LogP contribution in [-0.4, -0.2) is 10.9 Å². The number of amides is 1. The summed E-state index contributed by atoms with van der Waals surface area (Å²) in [6, 6.07) is 5.98. The molecule has 0 aliphatic carbocycles. The van der Waals surface area contributed by atoms with Gasteiger partial charge in [-0.2, -0.15) is 0 Å². The molecule has 0 aliphatic rings. The highest BCUT2D eigenvalue weighted by atomic mass is 19.1. The summed E-state index contributed by atoms with van der Waals surface area (Å²) in [4.78, 5) is 15.3. The summed E-state index contributed by atoms with van der Waals surface area (Å²) < 4.78 is 13.6. The van der Waals surface area contributed by atoms with E-state index in [-0.39, 0.29) is 17.1 Å². The van der Waals surface area contributed by atoms with Crippen LogP contribution in [0.3, 0.4) is 0 Å². The number of nitrogens with zero attached hydrogens (tertiary/aromatic N) is 1. The highest BCUT2D eigenvalue weighted by Crippen LogP contribution is 2.23. The average molecular weight is 260 g/mol. The third-order valence-electron chi connectivity index (χ3n) is 2.55. The van der Waals surface area contributed by atoms with Crippen molar-refractivity contribution >= 4 is 23.1 Å². The maximum atomic E-state index is 13.6. The fraction of sp³-hybridized carbons (Fsp3) is 0.0769. The van der Waals surface area contributed by atoms with Crippen molar-refractivity contribution in [1.29, 1.82) is 0 Å². The number of nitrogens with one attached hydrogen (secondary N) is 1. The van der Waals surface area contributed by atoms with Crippen LogP contribution >= 0.6 is 0 Å². The number of hydrogen-bond donors (Lipinski definition) is 3. The third kappa shape index (κ3) is 2.79. The number of hydrogen-bond acceptors (Lipinski definition) is 4. The van der Waals surface area contributed by atoms with Gasteiger partial charge in [0.05, 0.1) is 23.1 Å². The Morgan fingerprint density at radius 2 is 2.11 bits per heavy atom. The van der Waals surface area contributed by atoms with E-state index in [1.165, 1.54) is 18.3 Å². The number of nitrogen functional groups attached to an aromatic ring is 1. The number of benzene rings is 1. The lowest BCUT2D eigenvalue weighted by Gasteiger charge is -2.11. The van der Waals surface area contributed by atoms with Gasteiger partial charge in [-0.15, -0.1) is 0 Å². The Bertz CT molecular complexity index is 643. The second kappa shape index (κ2) is 4.93. The number of nitrogens with two attached hydrogens (primary N) is 2. The van der Waals surface area contributed by atoms with E-state index in [0.29, 0.717) is 5.69 Å². The predicted molar refractivity (Wildman–Crippen MR) is 71.6 cm³/mol. The Morgan fingerprint density at radius 3 is 2.79 bits per heavy atom. The van der Waals surface area contributed by atoms with Gasteiger partial charge in [-0.05, 0) is 30.7 Å². The van der Waals surface area contributed by atoms with E-state index in [1.807, 2.05) is 6.92 Å². The van der Waals surface area contributed by atoms with E-state index in [1.54, 1.807) is 12.1 Å². The molecule has 1 aromatic carbocycles. The average Bonchev–Trinajstić information content (AvgIpc) is 2.35. The van der Waals surface area contributed by atoms with Crippen LogP contribution in [0, 0.1) is 12.7 Å². The van der Waals surface area contributed by atoms with Crippen molar-refractivity contribution in [3.05, 3.63) is 47.4 Å². The molecule has 1 aromatic heterocycles. The number of primary amides is 1. The first-order valence-corrected chi connectivity index (χ1v) is 5.56. The number of aromatic nitrogens is 1. The van der Waals surface area contributed by atoms with Crippen molar-refractivity contribution in [2.75, 3.05) is 11.1 Å². The summed E-state index contributed by atoms with van der Waals surface area (Å²) in [5, 5.41) is 2.75. The zero-order valence-electron chi connectivity index (χ0n) is 10.3. The Kier molecular flexibility index (Phi) is 3.33. The fourth-order valence-electron chi connectivity index (χ4n) is 1.63. The van der Waals surface area contributed by atoms with E-state index >= 15 is 0 Å². The van der Waals surface area contributed by atoms with Gasteiger partial charge >= 0.3 is 0 Å². The summed E-state index contributed by atoms with van der Waals surface area (Å²) in [7, 11) is 0. The second-order valence-electron chi connectivity index (χ2n) is 4.14. The third-order valence-corrected chi connectivity index (χ3v) is 2.55. The Morgan fingerprint density at radius 1 is 1.37 bits per heavy atom. The summed E-state index contributed by atoms with van der Waals surface area (Å²) >= 11 is 0. The molecule has 19 heavy (non-hydrogen) atoms. The topological polar surface area (TPSA) is 94.0 Å². The number of halogens is 1. The highest BCUT2D eigenvalue weighted by molar-refractivity contribution is 5.99. The maximum Gasteiger partial charge on any atom is 0.252 e. The number of rotatable bonds is 3. The lowest BCUT2D eigenvalue weighted by molar-refractivity contribution is 0.100. The van der Waals surface area contributed by atoms with E-state index in [0.717, 1.165) is 5.56 Å². The van der Waals surface area contributed by atoms with Gasteiger partial charge in [-0.1, -0.05) is 6.07 Å². The van der Waals surface area contributed by atoms with Crippen molar-refractivity contribution < 1.29 is 9.18 Å². The largest absolute Gasteiger partial charge is 0.397 e. The first-order valence-electron chi connectivity index (χ1n) is 5.56. The number of aryl methyl sites for hydroxylation is 1. The zero-order chi connectivity index (χ0) is 14.0. The smallest absolute Gasteiger partial charge is 0.252 e. The van der Waals surface area contributed by atoms with Gasteiger partial charge in [0.25, 0.3) is 5.91 Å². The number of pyridine rings is 1. The molecule has 6 heteroatoms. The van der Waals surface area contributed by atoms with E-state index in [9.17, 15) is 9.18 Å². The van der Waals surface area contributed by atoms with Crippen LogP contribution in [0.5, 0.6) is 0 Å². The van der Waals surface area contributed by atoms with Crippen molar-refractivity contribution in [1.82, 2.24) is 4.98 Å². The van der Waals surface area contributed by atoms with Crippen LogP contribution in [0.2, 0.25) is 0 Å². The van der Waals surface area contributed by atoms with Crippen molar-refractivity contribution in [2.24, 2.45) is 5.73 Å². The van der Waals surface area contributed by atoms with Gasteiger partial charge in [-0.25, -0.2) is 9.37 Å². The van der Waals surface area contributed by atoms with Gasteiger partial charge in [0.2, 0.25) is 0 Å². The SMILES string of the molecule is Cc1ccc(F)c(Nc2ncc(N)cc2C(N)=O)c1. The number of carbonyl (C=O) groups excluding carboxylic acids is 1. The summed E-state index contributed by atoms with van der Waals surface area (Å²) in [6.45, 7) is 1.83. The van der Waals surface area contributed by atoms with Gasteiger partial charge < -0.3 is 16.8 Å². The molecule has 0 bridgehead atoms. The van der Waals surface area contributed by atoms with Crippen molar-refractivity contribution in [3.63, 3.8) is 0 Å². The predicted octanol–water partition coefficient (Wildman–Crippen LogP) is 1.95. The zero-order valence-corrected chi connectivity index (χ0v) is 10.3. The monoisotopic (exact) mass is 260 g/mol. The normalized spacial score (nSPS) is 10.2. The molecule has 0 spiro atoms. The summed E-state index contributed by atoms with van der Waals surface area (Å²) in [5.74, 6) is -0.957. The molecule has 0 unspecified atom stereocenters. The van der Waals surface area contributed by atoms with E-state index in [2.05, 4.69) is 10.3 Å². The lowest BCUT2D eigenvalue weighted by atomic mass is 10.2. The first kappa shape index (κ1) is 12.8. The minimum absolute atomic E-state index is 0.112. The molecule has 0 fully saturated rings. The van der Waals surface area contributed by atoms with E-state index in [4.69, 9.17) is 11.5 Å². The first-order chi connectivity index (χ1) is 8.97. The molecule has 0 saturated carbocycles. The molecule has 1 amide bonds. The molecule has 0 atom stereocenters. The van der Waals surface area contributed by atoms with Crippen LogP contribution in [0.15, 0.2) is 30.5 Å². The maximum absolute atomic E-state index is 13.6. The molecule has 2 rings (SSSR count). The molecular formula is C13H13FN4O. The molecule has 2 aromatic rings. The molecule has 0 saturated heterocycles. The molecule has 0 radical (unpaired) electrons. The van der Waals surface area contributed by atoms with Crippen LogP contribution < -0.4 is 16.8 Å². The summed E-state index contributed by atoms with van der Waals surface area (Å²) in [6.07, 6.45) is 1.36. The molecule has 1 heterocycles. The van der Waals surface area contributed by atoms with Gasteiger partial charge in [0.15, 0.2) is 0 Å². The number of anilines is 3. The molecule has 5 N–H and O–H groups in total. The van der Waals surface area contributed by atoms with E-state index < -0.39 is 11.7 Å². The van der Waals surface area contributed by atoms with Gasteiger partial charge in [-0.3, -0.25) is 4.79 Å². The molecule has 5 nitrogen and oxygen atoms in total. The van der Waals surface area contributed by atoms with Crippen LogP contribution in [0.1, 0.15) is 15.9 Å². The Labute approximate surface area is 109 Å². The second-order valence-corrected chi connectivity index (χ2v) is 4.14. The van der Waals surface area contributed by atoms with Gasteiger partial charge in [0, 0.05) is 0 Å². The van der Waals surface area contributed by atoms with Crippen LogP contribution in [0.4, 0.5) is 21.6 Å². The number of carbonyl (C=O) groups is 1. The minimum atomic E-state index is -0.685. The van der Waals surface area contributed by atoms with Crippen LogP contribution in [-0.2, 0) is 0 Å². The van der Waals surface area contributed by atoms with Crippen molar-refractivity contribution in [3.8, 4) is 0 Å². The Balaban J connectivity index is 2.43. The lowest BCUT2D eigenvalue weighted by Crippen LogP contribution is -2.15. The van der Waals surface area contributed by atoms with Crippen molar-refractivity contribution in [2.45, 2.75) is 6.92 Å². The summed E-state index contributed by atoms with van der Waals surface area (Å²) in [5.41, 5.74) is 12.3. The standard InChI is InChI=1S/C13H13FN4O/c1-7-2-3-10(14)11(4-7)18-13-9(12(16)19)5-8(15)6-17-13/h2-6H,15H2,1H3,(H2,16,19)(H,17,18). The Hall–Kier alpha value is -2.63. The highest BCUT2D eigenvalue weighted by Gasteiger charge is 2.12. The fourth-order valence-corrected chi connectivity index (χ4v) is 1.63. The molecule has 98 valence electrons. The van der Waals surface area contributed by atoms with Crippen LogP contribution in [0.25, 0.3) is 0 Å². The quantitative estimate of drug-likeness (QED) is 0.786. The van der Waals surface area contributed by atoms with Gasteiger partial charge in [0.1, 0.15) is 11.6 Å². The molecular weight excluding hydrogens is 247 g/mol.